The van der Waals surface area contributed by atoms with Crippen LogP contribution in [0.2, 0.25) is 0 Å². The topological polar surface area (TPSA) is 40.5 Å². The van der Waals surface area contributed by atoms with Crippen LogP contribution in [0.5, 0.6) is 0 Å². The number of benzene rings is 2. The lowest BCUT2D eigenvalue weighted by Gasteiger charge is -2.17. The number of carbonyl (C=O) groups is 1. The fourth-order valence-corrected chi connectivity index (χ4v) is 3.78. The molecule has 2 unspecified atom stereocenters. The molecule has 1 heterocycles. The highest BCUT2D eigenvalue weighted by Crippen LogP contribution is 2.37. The first kappa shape index (κ1) is 15.3. The van der Waals surface area contributed by atoms with Crippen molar-refractivity contribution in [3.8, 4) is 0 Å². The van der Waals surface area contributed by atoms with Crippen LogP contribution in [0, 0.1) is 5.92 Å². The molecule has 22 heavy (non-hydrogen) atoms. The predicted octanol–water partition coefficient (Wildman–Crippen LogP) is 3.75. The number of rotatable bonds is 4. The van der Waals surface area contributed by atoms with Crippen molar-refractivity contribution in [2.75, 3.05) is 13.1 Å². The van der Waals surface area contributed by atoms with Crippen molar-refractivity contribution in [3.05, 3.63) is 70.2 Å². The zero-order chi connectivity index (χ0) is 15.5. The van der Waals surface area contributed by atoms with Crippen LogP contribution in [-0.4, -0.2) is 29.1 Å². The maximum atomic E-state index is 11.7. The van der Waals surface area contributed by atoms with E-state index >= 15 is 0 Å². The third-order valence-corrected chi connectivity index (χ3v) is 4.99. The lowest BCUT2D eigenvalue weighted by atomic mass is 9.89. The molecular formula is C18H18BrNO2. The number of aliphatic carboxylic acids is 1. The quantitative estimate of drug-likeness (QED) is 0.903. The number of likely N-dealkylation sites (tertiary alicyclic amines) is 1. The molecular weight excluding hydrogens is 342 g/mol. The van der Waals surface area contributed by atoms with Crippen LogP contribution in [0.15, 0.2) is 59.1 Å². The Hall–Kier alpha value is -1.65. The molecule has 0 spiro atoms. The normalized spacial score (nSPS) is 21.9. The Labute approximate surface area is 138 Å². The van der Waals surface area contributed by atoms with Gasteiger partial charge in [-0.3, -0.25) is 9.69 Å². The summed E-state index contributed by atoms with van der Waals surface area (Å²) >= 11 is 3.56. The molecule has 3 nitrogen and oxygen atoms in total. The second kappa shape index (κ2) is 6.63. The van der Waals surface area contributed by atoms with Gasteiger partial charge in [0.25, 0.3) is 0 Å². The van der Waals surface area contributed by atoms with Crippen molar-refractivity contribution in [3.63, 3.8) is 0 Å². The second-order valence-electron chi connectivity index (χ2n) is 5.75. The van der Waals surface area contributed by atoms with Crippen LogP contribution in [0.3, 0.4) is 0 Å². The molecule has 1 aliphatic heterocycles. The minimum atomic E-state index is -0.712. The van der Waals surface area contributed by atoms with E-state index in [4.69, 9.17) is 0 Å². The zero-order valence-electron chi connectivity index (χ0n) is 12.2. The van der Waals surface area contributed by atoms with E-state index < -0.39 is 5.97 Å². The average Bonchev–Trinajstić information content (AvgIpc) is 2.92. The van der Waals surface area contributed by atoms with E-state index in [0.29, 0.717) is 6.54 Å². The van der Waals surface area contributed by atoms with E-state index in [1.165, 1.54) is 5.56 Å². The highest BCUT2D eigenvalue weighted by Gasteiger charge is 2.39. The molecule has 0 aliphatic carbocycles. The highest BCUT2D eigenvalue weighted by molar-refractivity contribution is 9.10. The summed E-state index contributed by atoms with van der Waals surface area (Å²) in [6.07, 6.45) is 0. The molecule has 0 radical (unpaired) electrons. The van der Waals surface area contributed by atoms with Gasteiger partial charge in [0.15, 0.2) is 0 Å². The second-order valence-corrected chi connectivity index (χ2v) is 6.61. The van der Waals surface area contributed by atoms with Crippen molar-refractivity contribution in [1.29, 1.82) is 0 Å². The van der Waals surface area contributed by atoms with Crippen LogP contribution >= 0.6 is 15.9 Å². The lowest BCUT2D eigenvalue weighted by molar-refractivity contribution is -0.141. The van der Waals surface area contributed by atoms with Crippen molar-refractivity contribution in [1.82, 2.24) is 4.90 Å². The highest BCUT2D eigenvalue weighted by atomic mass is 79.9. The van der Waals surface area contributed by atoms with E-state index in [1.54, 1.807) is 0 Å². The molecule has 114 valence electrons. The summed E-state index contributed by atoms with van der Waals surface area (Å²) in [5, 5.41) is 9.58. The molecule has 1 N–H and O–H groups in total. The SMILES string of the molecule is O=C(O)C1CN(Cc2ccccc2)CC1c1ccccc1Br. The Bertz CT molecular complexity index is 659. The molecule has 2 aromatic rings. The Morgan fingerprint density at radius 1 is 1.09 bits per heavy atom. The fraction of sp³-hybridized carbons (Fsp3) is 0.278. The summed E-state index contributed by atoms with van der Waals surface area (Å²) in [5.74, 6) is -1.05. The Morgan fingerprint density at radius 2 is 1.77 bits per heavy atom. The molecule has 2 aromatic carbocycles. The molecule has 0 bridgehead atoms. The molecule has 0 aromatic heterocycles. The maximum Gasteiger partial charge on any atom is 0.308 e. The third-order valence-electron chi connectivity index (χ3n) is 4.27. The summed E-state index contributed by atoms with van der Waals surface area (Å²) in [6, 6.07) is 18.1. The Morgan fingerprint density at radius 3 is 2.45 bits per heavy atom. The number of hydrogen-bond acceptors (Lipinski definition) is 2. The standard InChI is InChI=1S/C18H18BrNO2/c19-17-9-5-4-8-14(17)15-11-20(12-16(15)18(21)22)10-13-6-2-1-3-7-13/h1-9,15-16H,10-12H2,(H,21,22). The predicted molar refractivity (Wildman–Crippen MR) is 89.7 cm³/mol. The van der Waals surface area contributed by atoms with Crippen LogP contribution in [0.4, 0.5) is 0 Å². The summed E-state index contributed by atoms with van der Waals surface area (Å²) in [4.78, 5) is 13.9. The molecule has 0 saturated carbocycles. The van der Waals surface area contributed by atoms with Crippen LogP contribution in [0.25, 0.3) is 0 Å². The molecule has 4 heteroatoms. The van der Waals surface area contributed by atoms with E-state index in [9.17, 15) is 9.90 Å². The Balaban J connectivity index is 1.81. The smallest absolute Gasteiger partial charge is 0.308 e. The van der Waals surface area contributed by atoms with Gasteiger partial charge in [0.2, 0.25) is 0 Å². The maximum absolute atomic E-state index is 11.7. The first-order valence-electron chi connectivity index (χ1n) is 7.38. The number of halogens is 1. The monoisotopic (exact) mass is 359 g/mol. The van der Waals surface area contributed by atoms with Crippen LogP contribution < -0.4 is 0 Å². The van der Waals surface area contributed by atoms with Gasteiger partial charge in [0.1, 0.15) is 0 Å². The van der Waals surface area contributed by atoms with Gasteiger partial charge in [0, 0.05) is 30.0 Å². The molecule has 0 amide bonds. The number of carboxylic acids is 1. The Kier molecular flexibility index (Phi) is 4.60. The summed E-state index contributed by atoms with van der Waals surface area (Å²) < 4.78 is 0.993. The fourth-order valence-electron chi connectivity index (χ4n) is 3.20. The minimum Gasteiger partial charge on any atom is -0.481 e. The number of carboxylic acid groups (broad SMARTS) is 1. The molecule has 2 atom stereocenters. The van der Waals surface area contributed by atoms with E-state index in [2.05, 4.69) is 33.0 Å². The van der Waals surface area contributed by atoms with E-state index in [-0.39, 0.29) is 11.8 Å². The van der Waals surface area contributed by atoms with Crippen molar-refractivity contribution < 1.29 is 9.90 Å². The largest absolute Gasteiger partial charge is 0.481 e. The van der Waals surface area contributed by atoms with Gasteiger partial charge >= 0.3 is 5.97 Å². The van der Waals surface area contributed by atoms with Crippen molar-refractivity contribution in [2.45, 2.75) is 12.5 Å². The van der Waals surface area contributed by atoms with E-state index in [1.807, 2.05) is 42.5 Å². The van der Waals surface area contributed by atoms with Crippen molar-refractivity contribution >= 4 is 21.9 Å². The van der Waals surface area contributed by atoms with Gasteiger partial charge < -0.3 is 5.11 Å². The van der Waals surface area contributed by atoms with Gasteiger partial charge in [-0.15, -0.1) is 0 Å². The van der Waals surface area contributed by atoms with Gasteiger partial charge in [-0.25, -0.2) is 0 Å². The van der Waals surface area contributed by atoms with Crippen LogP contribution in [0.1, 0.15) is 17.0 Å². The summed E-state index contributed by atoms with van der Waals surface area (Å²) in [5.41, 5.74) is 2.31. The average molecular weight is 360 g/mol. The van der Waals surface area contributed by atoms with Gasteiger partial charge in [-0.05, 0) is 17.2 Å². The molecule has 1 saturated heterocycles. The zero-order valence-corrected chi connectivity index (χ0v) is 13.7. The summed E-state index contributed by atoms with van der Waals surface area (Å²) in [7, 11) is 0. The van der Waals surface area contributed by atoms with E-state index in [0.717, 1.165) is 23.1 Å². The lowest BCUT2D eigenvalue weighted by Crippen LogP contribution is -2.23. The van der Waals surface area contributed by atoms with Crippen LogP contribution in [-0.2, 0) is 11.3 Å². The van der Waals surface area contributed by atoms with Gasteiger partial charge in [0.05, 0.1) is 5.92 Å². The minimum absolute atomic E-state index is 0.0248. The third kappa shape index (κ3) is 3.23. The van der Waals surface area contributed by atoms with Gasteiger partial charge in [-0.2, -0.15) is 0 Å². The molecule has 1 fully saturated rings. The first-order chi connectivity index (χ1) is 10.6. The number of nitrogens with zero attached hydrogens (tertiary/aromatic N) is 1. The number of hydrogen-bond donors (Lipinski definition) is 1. The van der Waals surface area contributed by atoms with Crippen molar-refractivity contribution in [2.24, 2.45) is 5.92 Å². The van der Waals surface area contributed by atoms with Gasteiger partial charge in [-0.1, -0.05) is 64.5 Å². The summed E-state index contributed by atoms with van der Waals surface area (Å²) in [6.45, 7) is 2.16. The molecule has 3 rings (SSSR count). The first-order valence-corrected chi connectivity index (χ1v) is 8.18. The molecule has 1 aliphatic rings.